The summed E-state index contributed by atoms with van der Waals surface area (Å²) in [6, 6.07) is 10.5. The Kier molecular flexibility index (Phi) is 5.33. The first-order valence-electron chi connectivity index (χ1n) is 8.52. The minimum Gasteiger partial charge on any atom is -0.445 e. The highest BCUT2D eigenvalue weighted by Gasteiger charge is 2.28. The molecule has 1 amide bonds. The summed E-state index contributed by atoms with van der Waals surface area (Å²) >= 11 is 0. The van der Waals surface area contributed by atoms with Crippen LogP contribution >= 0.6 is 0 Å². The highest BCUT2D eigenvalue weighted by Crippen LogP contribution is 2.21. The van der Waals surface area contributed by atoms with Gasteiger partial charge in [-0.1, -0.05) is 36.8 Å². The van der Waals surface area contributed by atoms with Crippen molar-refractivity contribution in [3.63, 3.8) is 0 Å². The highest BCUT2D eigenvalue weighted by atomic mass is 16.6. The highest BCUT2D eigenvalue weighted by molar-refractivity contribution is 5.67. The van der Waals surface area contributed by atoms with Gasteiger partial charge in [-0.05, 0) is 44.3 Å². The van der Waals surface area contributed by atoms with E-state index in [2.05, 4.69) is 4.90 Å². The van der Waals surface area contributed by atoms with Gasteiger partial charge in [0.05, 0.1) is 0 Å². The Balaban J connectivity index is 1.41. The van der Waals surface area contributed by atoms with Crippen molar-refractivity contribution < 1.29 is 9.53 Å². The molecule has 0 aliphatic carbocycles. The molecule has 4 nitrogen and oxygen atoms in total. The van der Waals surface area contributed by atoms with Gasteiger partial charge in [-0.3, -0.25) is 0 Å². The van der Waals surface area contributed by atoms with Crippen LogP contribution in [0.2, 0.25) is 0 Å². The van der Waals surface area contributed by atoms with Crippen molar-refractivity contribution in [1.82, 2.24) is 9.80 Å². The van der Waals surface area contributed by atoms with Gasteiger partial charge >= 0.3 is 6.09 Å². The molecule has 2 fully saturated rings. The maximum Gasteiger partial charge on any atom is 0.410 e. The number of hydrogen-bond donors (Lipinski definition) is 0. The molecule has 4 heteroatoms. The van der Waals surface area contributed by atoms with Crippen LogP contribution in [0.25, 0.3) is 0 Å². The van der Waals surface area contributed by atoms with E-state index in [1.165, 1.54) is 32.4 Å². The summed E-state index contributed by atoms with van der Waals surface area (Å²) in [4.78, 5) is 16.6. The third-order valence-electron chi connectivity index (χ3n) is 4.83. The number of benzene rings is 1. The molecule has 0 bridgehead atoms. The molecule has 1 aromatic rings. The number of piperidine rings is 2. The number of likely N-dealkylation sites (tertiary alicyclic amines) is 2. The number of rotatable bonds is 3. The predicted octanol–water partition coefficient (Wildman–Crippen LogP) is 3.27. The lowest BCUT2D eigenvalue weighted by atomic mass is 10.0. The summed E-state index contributed by atoms with van der Waals surface area (Å²) in [6.07, 6.45) is 6.04. The fraction of sp³-hybridized carbons (Fsp3) is 0.611. The van der Waals surface area contributed by atoms with Crippen LogP contribution in [-0.2, 0) is 11.3 Å². The number of carbonyl (C=O) groups is 1. The Morgan fingerprint density at radius 1 is 1.00 bits per heavy atom. The molecule has 0 atom stereocenters. The molecule has 2 aliphatic rings. The van der Waals surface area contributed by atoms with E-state index in [0.717, 1.165) is 31.5 Å². The summed E-state index contributed by atoms with van der Waals surface area (Å²) in [5.74, 6) is 0. The Morgan fingerprint density at radius 2 is 1.68 bits per heavy atom. The van der Waals surface area contributed by atoms with E-state index in [1.807, 2.05) is 35.2 Å². The second-order valence-corrected chi connectivity index (χ2v) is 6.36. The molecule has 0 spiro atoms. The van der Waals surface area contributed by atoms with E-state index in [9.17, 15) is 4.79 Å². The lowest BCUT2D eigenvalue weighted by Gasteiger charge is -2.39. The fourth-order valence-corrected chi connectivity index (χ4v) is 3.51. The average Bonchev–Trinajstić information content (AvgIpc) is 2.61. The number of amides is 1. The van der Waals surface area contributed by atoms with Crippen LogP contribution in [0.3, 0.4) is 0 Å². The first kappa shape index (κ1) is 15.3. The van der Waals surface area contributed by atoms with E-state index >= 15 is 0 Å². The van der Waals surface area contributed by atoms with Crippen LogP contribution < -0.4 is 0 Å². The summed E-state index contributed by atoms with van der Waals surface area (Å²) in [7, 11) is 0. The summed E-state index contributed by atoms with van der Waals surface area (Å²) < 4.78 is 5.42. The molecular formula is C18H26N2O2. The van der Waals surface area contributed by atoms with Gasteiger partial charge in [0.1, 0.15) is 6.61 Å². The van der Waals surface area contributed by atoms with Gasteiger partial charge in [0, 0.05) is 19.1 Å². The summed E-state index contributed by atoms with van der Waals surface area (Å²) in [5, 5.41) is 0. The quantitative estimate of drug-likeness (QED) is 0.859. The molecule has 22 heavy (non-hydrogen) atoms. The largest absolute Gasteiger partial charge is 0.445 e. The van der Waals surface area contributed by atoms with Crippen LogP contribution in [0.5, 0.6) is 0 Å². The standard InChI is InChI=1S/C18H26N2O2/c21-18(22-15-16-7-3-1-4-8-16)20-13-9-17(10-14-20)19-11-5-2-6-12-19/h1,3-4,7-8,17H,2,5-6,9-15H2. The van der Waals surface area contributed by atoms with Crippen molar-refractivity contribution in [2.45, 2.75) is 44.8 Å². The molecule has 0 aromatic heterocycles. The number of carbonyl (C=O) groups excluding carboxylic acids is 1. The van der Waals surface area contributed by atoms with Crippen molar-refractivity contribution >= 4 is 6.09 Å². The normalized spacial score (nSPS) is 20.8. The SMILES string of the molecule is O=C(OCc1ccccc1)N1CCC(N2CCCCC2)CC1. The van der Waals surface area contributed by atoms with E-state index in [1.54, 1.807) is 0 Å². The van der Waals surface area contributed by atoms with Crippen LogP contribution in [-0.4, -0.2) is 48.1 Å². The maximum atomic E-state index is 12.1. The van der Waals surface area contributed by atoms with Gasteiger partial charge in [-0.25, -0.2) is 4.79 Å². The van der Waals surface area contributed by atoms with Gasteiger partial charge in [-0.15, -0.1) is 0 Å². The molecule has 0 saturated carbocycles. The molecule has 3 rings (SSSR count). The van der Waals surface area contributed by atoms with Crippen molar-refractivity contribution in [2.24, 2.45) is 0 Å². The summed E-state index contributed by atoms with van der Waals surface area (Å²) in [5.41, 5.74) is 1.04. The topological polar surface area (TPSA) is 32.8 Å². The van der Waals surface area contributed by atoms with Crippen LogP contribution in [0.1, 0.15) is 37.7 Å². The van der Waals surface area contributed by atoms with Gasteiger partial charge in [0.25, 0.3) is 0 Å². The Hall–Kier alpha value is -1.55. The first-order chi connectivity index (χ1) is 10.8. The molecule has 120 valence electrons. The Bertz CT molecular complexity index is 463. The zero-order valence-corrected chi connectivity index (χ0v) is 13.2. The third-order valence-corrected chi connectivity index (χ3v) is 4.83. The zero-order valence-electron chi connectivity index (χ0n) is 13.2. The van der Waals surface area contributed by atoms with Crippen molar-refractivity contribution in [3.05, 3.63) is 35.9 Å². The predicted molar refractivity (Wildman–Crippen MR) is 86.6 cm³/mol. The van der Waals surface area contributed by atoms with Crippen LogP contribution in [0, 0.1) is 0 Å². The van der Waals surface area contributed by atoms with Crippen molar-refractivity contribution in [1.29, 1.82) is 0 Å². The van der Waals surface area contributed by atoms with E-state index in [0.29, 0.717) is 12.6 Å². The fourth-order valence-electron chi connectivity index (χ4n) is 3.51. The molecular weight excluding hydrogens is 276 g/mol. The van der Waals surface area contributed by atoms with Gasteiger partial charge in [-0.2, -0.15) is 0 Å². The van der Waals surface area contributed by atoms with Crippen LogP contribution in [0.15, 0.2) is 30.3 Å². The van der Waals surface area contributed by atoms with Gasteiger partial charge < -0.3 is 14.5 Å². The summed E-state index contributed by atoms with van der Waals surface area (Å²) in [6.45, 7) is 4.50. The number of ether oxygens (including phenoxy) is 1. The molecule has 2 heterocycles. The Labute approximate surface area is 133 Å². The van der Waals surface area contributed by atoms with E-state index < -0.39 is 0 Å². The Morgan fingerprint density at radius 3 is 2.36 bits per heavy atom. The average molecular weight is 302 g/mol. The van der Waals surface area contributed by atoms with Crippen molar-refractivity contribution in [3.8, 4) is 0 Å². The van der Waals surface area contributed by atoms with Crippen molar-refractivity contribution in [2.75, 3.05) is 26.2 Å². The molecule has 1 aromatic carbocycles. The van der Waals surface area contributed by atoms with Gasteiger partial charge in [0.2, 0.25) is 0 Å². The minimum absolute atomic E-state index is 0.166. The molecule has 0 N–H and O–H groups in total. The lowest BCUT2D eigenvalue weighted by Crippen LogP contribution is -2.48. The molecule has 0 unspecified atom stereocenters. The first-order valence-corrected chi connectivity index (χ1v) is 8.52. The van der Waals surface area contributed by atoms with E-state index in [4.69, 9.17) is 4.74 Å². The van der Waals surface area contributed by atoms with E-state index in [-0.39, 0.29) is 6.09 Å². The number of nitrogens with zero attached hydrogens (tertiary/aromatic N) is 2. The smallest absolute Gasteiger partial charge is 0.410 e. The zero-order chi connectivity index (χ0) is 15.2. The molecule has 2 saturated heterocycles. The maximum absolute atomic E-state index is 12.1. The monoisotopic (exact) mass is 302 g/mol. The second kappa shape index (κ2) is 7.63. The number of hydrogen-bond acceptors (Lipinski definition) is 3. The second-order valence-electron chi connectivity index (χ2n) is 6.36. The molecule has 0 radical (unpaired) electrons. The lowest BCUT2D eigenvalue weighted by molar-refractivity contribution is 0.0627. The minimum atomic E-state index is -0.166. The third kappa shape index (κ3) is 4.01. The van der Waals surface area contributed by atoms with Gasteiger partial charge in [0.15, 0.2) is 0 Å². The van der Waals surface area contributed by atoms with Crippen LogP contribution in [0.4, 0.5) is 4.79 Å². The molecule has 2 aliphatic heterocycles.